The molecule has 0 saturated heterocycles. The van der Waals surface area contributed by atoms with E-state index in [1.165, 1.54) is 0 Å². The van der Waals surface area contributed by atoms with Gasteiger partial charge in [-0.25, -0.2) is 0 Å². The number of benzene rings is 3. The van der Waals surface area contributed by atoms with E-state index in [1.807, 2.05) is 66.7 Å². The third kappa shape index (κ3) is 2.45. The molecule has 3 heteroatoms. The zero-order valence-electron chi connectivity index (χ0n) is 12.8. The molecule has 0 amide bonds. The summed E-state index contributed by atoms with van der Waals surface area (Å²) in [4.78, 5) is 23.8. The van der Waals surface area contributed by atoms with E-state index >= 15 is 0 Å². The monoisotopic (exact) mass is 332 g/mol. The summed E-state index contributed by atoms with van der Waals surface area (Å²) in [5.74, 6) is 0.0497. The average Bonchev–Trinajstić information content (AvgIpc) is 2.60. The Labute approximate surface area is 144 Å². The zero-order chi connectivity index (χ0) is 16.7. The molecule has 0 aromatic heterocycles. The fraction of sp³-hybridized carbons (Fsp3) is 0.0476. The SMILES string of the molecule is O=C(Cl)Cc1ccc(-c2ccc3cc2C(=O)c2ccccc2-3)cc1. The maximum Gasteiger partial charge on any atom is 0.226 e. The zero-order valence-corrected chi connectivity index (χ0v) is 13.5. The van der Waals surface area contributed by atoms with Crippen LogP contribution < -0.4 is 0 Å². The van der Waals surface area contributed by atoms with Crippen molar-refractivity contribution < 1.29 is 9.59 Å². The van der Waals surface area contributed by atoms with E-state index in [-0.39, 0.29) is 17.4 Å². The quantitative estimate of drug-likeness (QED) is 0.501. The van der Waals surface area contributed by atoms with Gasteiger partial charge in [-0.3, -0.25) is 9.59 Å². The van der Waals surface area contributed by atoms with E-state index in [4.69, 9.17) is 11.6 Å². The van der Waals surface area contributed by atoms with Crippen molar-refractivity contribution in [1.29, 1.82) is 0 Å². The van der Waals surface area contributed by atoms with Crippen molar-refractivity contribution in [2.24, 2.45) is 0 Å². The predicted octanol–water partition coefficient (Wildman–Crippen LogP) is 4.87. The van der Waals surface area contributed by atoms with Crippen LogP contribution in [0.1, 0.15) is 21.5 Å². The minimum absolute atomic E-state index is 0.0497. The first-order valence-electron chi connectivity index (χ1n) is 7.69. The van der Waals surface area contributed by atoms with Gasteiger partial charge in [-0.1, -0.05) is 60.7 Å². The number of fused-ring (bicyclic) bond motifs is 4. The number of rotatable bonds is 3. The summed E-state index contributed by atoms with van der Waals surface area (Å²) >= 11 is 5.43. The van der Waals surface area contributed by atoms with E-state index in [0.29, 0.717) is 5.56 Å². The summed E-state index contributed by atoms with van der Waals surface area (Å²) in [5.41, 5.74) is 6.23. The Hall–Kier alpha value is -2.71. The molecule has 4 rings (SSSR count). The molecule has 0 N–H and O–H groups in total. The van der Waals surface area contributed by atoms with E-state index in [0.717, 1.165) is 33.4 Å². The van der Waals surface area contributed by atoms with Crippen LogP contribution >= 0.6 is 11.6 Å². The maximum absolute atomic E-state index is 12.8. The molecule has 0 radical (unpaired) electrons. The molecule has 1 aliphatic carbocycles. The topological polar surface area (TPSA) is 34.1 Å². The van der Waals surface area contributed by atoms with Gasteiger partial charge in [0.15, 0.2) is 5.78 Å². The number of hydrogen-bond donors (Lipinski definition) is 0. The number of ketones is 1. The lowest BCUT2D eigenvalue weighted by molar-refractivity contribution is -0.111. The highest BCUT2D eigenvalue weighted by Gasteiger charge is 2.23. The summed E-state index contributed by atoms with van der Waals surface area (Å²) in [5, 5.41) is -0.381. The molecule has 0 atom stereocenters. The molecule has 116 valence electrons. The predicted molar refractivity (Wildman–Crippen MR) is 95.3 cm³/mol. The van der Waals surface area contributed by atoms with E-state index in [2.05, 4.69) is 0 Å². The summed E-state index contributed by atoms with van der Waals surface area (Å²) < 4.78 is 0. The van der Waals surface area contributed by atoms with Crippen molar-refractivity contribution in [3.63, 3.8) is 0 Å². The Balaban J connectivity index is 1.79. The molecule has 3 aromatic carbocycles. The number of carbonyl (C=O) groups is 2. The van der Waals surface area contributed by atoms with Crippen molar-refractivity contribution in [2.45, 2.75) is 6.42 Å². The van der Waals surface area contributed by atoms with Gasteiger partial charge in [0, 0.05) is 17.5 Å². The first-order chi connectivity index (χ1) is 11.6. The highest BCUT2D eigenvalue weighted by Crippen LogP contribution is 2.37. The fourth-order valence-electron chi connectivity index (χ4n) is 3.19. The minimum atomic E-state index is -0.381. The molecule has 0 aliphatic heterocycles. The molecule has 0 fully saturated rings. The standard InChI is InChI=1S/C21H13ClO2/c22-20(23)11-13-5-7-14(8-6-13)17-10-9-15-12-19(17)21(24)18-4-2-1-3-16(15)18/h1-10,12H,11H2. The van der Waals surface area contributed by atoms with Crippen molar-refractivity contribution in [3.05, 3.63) is 83.4 Å². The second kappa shape index (κ2) is 5.73. The molecule has 2 bridgehead atoms. The van der Waals surface area contributed by atoms with Gasteiger partial charge in [0.05, 0.1) is 0 Å². The second-order valence-corrected chi connectivity index (χ2v) is 6.29. The van der Waals surface area contributed by atoms with Crippen LogP contribution in [0, 0.1) is 0 Å². The van der Waals surface area contributed by atoms with Crippen LogP contribution in [0.25, 0.3) is 22.3 Å². The van der Waals surface area contributed by atoms with Gasteiger partial charge in [0.25, 0.3) is 0 Å². The van der Waals surface area contributed by atoms with E-state index < -0.39 is 0 Å². The smallest absolute Gasteiger partial charge is 0.226 e. The van der Waals surface area contributed by atoms with Crippen LogP contribution in [0.3, 0.4) is 0 Å². The van der Waals surface area contributed by atoms with Crippen molar-refractivity contribution in [2.75, 3.05) is 0 Å². The third-order valence-corrected chi connectivity index (χ3v) is 4.49. The summed E-state index contributed by atoms with van der Waals surface area (Å²) in [6.07, 6.45) is 0.208. The lowest BCUT2D eigenvalue weighted by atomic mass is 9.83. The van der Waals surface area contributed by atoms with Gasteiger partial charge in [-0.15, -0.1) is 0 Å². The Morgan fingerprint density at radius 2 is 1.38 bits per heavy atom. The molecule has 1 aliphatic rings. The van der Waals surface area contributed by atoms with Crippen LogP contribution in [0.5, 0.6) is 0 Å². The fourth-order valence-corrected chi connectivity index (χ4v) is 3.35. The van der Waals surface area contributed by atoms with Crippen molar-refractivity contribution in [3.8, 4) is 22.3 Å². The molecular formula is C21H13ClO2. The highest BCUT2D eigenvalue weighted by molar-refractivity contribution is 6.63. The van der Waals surface area contributed by atoms with Crippen LogP contribution in [-0.4, -0.2) is 11.0 Å². The first-order valence-corrected chi connectivity index (χ1v) is 8.07. The van der Waals surface area contributed by atoms with E-state index in [1.54, 1.807) is 0 Å². The minimum Gasteiger partial charge on any atom is -0.289 e. The van der Waals surface area contributed by atoms with Gasteiger partial charge in [-0.05, 0) is 45.5 Å². The van der Waals surface area contributed by atoms with Crippen LogP contribution in [0.2, 0.25) is 0 Å². The van der Waals surface area contributed by atoms with Crippen LogP contribution in [0.15, 0.2) is 66.7 Å². The van der Waals surface area contributed by atoms with Crippen LogP contribution in [-0.2, 0) is 11.2 Å². The maximum atomic E-state index is 12.8. The molecule has 0 heterocycles. The van der Waals surface area contributed by atoms with Gasteiger partial charge >= 0.3 is 0 Å². The molecule has 24 heavy (non-hydrogen) atoms. The molecule has 0 unspecified atom stereocenters. The number of carbonyl (C=O) groups excluding carboxylic acids is 2. The Morgan fingerprint density at radius 3 is 2.08 bits per heavy atom. The first kappa shape index (κ1) is 14.9. The highest BCUT2D eigenvalue weighted by atomic mass is 35.5. The molecule has 0 spiro atoms. The molecule has 0 saturated carbocycles. The summed E-state index contributed by atoms with van der Waals surface area (Å²) in [7, 11) is 0. The van der Waals surface area contributed by atoms with Gasteiger partial charge in [0.1, 0.15) is 0 Å². The lowest BCUT2D eigenvalue weighted by Crippen LogP contribution is -2.10. The molecule has 3 aromatic rings. The summed E-state index contributed by atoms with van der Waals surface area (Å²) in [6, 6.07) is 21.3. The second-order valence-electron chi connectivity index (χ2n) is 5.86. The van der Waals surface area contributed by atoms with Gasteiger partial charge in [0.2, 0.25) is 5.24 Å². The number of hydrogen-bond acceptors (Lipinski definition) is 2. The lowest BCUT2D eigenvalue weighted by Gasteiger charge is -2.19. The van der Waals surface area contributed by atoms with Crippen molar-refractivity contribution >= 4 is 22.6 Å². The largest absolute Gasteiger partial charge is 0.289 e. The molecule has 2 nitrogen and oxygen atoms in total. The van der Waals surface area contributed by atoms with E-state index in [9.17, 15) is 9.59 Å². The molecular weight excluding hydrogens is 320 g/mol. The Bertz CT molecular complexity index is 971. The van der Waals surface area contributed by atoms with Crippen molar-refractivity contribution in [1.82, 2.24) is 0 Å². The normalized spacial score (nSPS) is 12.0. The van der Waals surface area contributed by atoms with Crippen LogP contribution in [0.4, 0.5) is 0 Å². The average molecular weight is 333 g/mol. The Morgan fingerprint density at radius 1 is 0.750 bits per heavy atom. The summed E-state index contributed by atoms with van der Waals surface area (Å²) in [6.45, 7) is 0. The van der Waals surface area contributed by atoms with Gasteiger partial charge in [-0.2, -0.15) is 0 Å². The Kier molecular flexibility index (Phi) is 3.55. The number of halogens is 1. The third-order valence-electron chi connectivity index (χ3n) is 4.35. The van der Waals surface area contributed by atoms with Gasteiger partial charge < -0.3 is 0 Å².